The molecule has 0 aliphatic carbocycles. The van der Waals surface area contributed by atoms with Gasteiger partial charge < -0.3 is 9.67 Å². The van der Waals surface area contributed by atoms with Gasteiger partial charge in [-0.3, -0.25) is 0 Å². The molecule has 0 saturated carbocycles. The maximum absolute atomic E-state index is 14.2. The van der Waals surface area contributed by atoms with Crippen molar-refractivity contribution in [1.82, 2.24) is 4.57 Å². The van der Waals surface area contributed by atoms with E-state index in [1.807, 2.05) is 6.07 Å². The molecule has 2 nitrogen and oxygen atoms in total. The van der Waals surface area contributed by atoms with E-state index in [0.717, 1.165) is 12.1 Å². The van der Waals surface area contributed by atoms with Gasteiger partial charge >= 0.3 is 6.18 Å². The number of hydrogen-bond acceptors (Lipinski definition) is 1. The highest BCUT2D eigenvalue weighted by Crippen LogP contribution is 2.39. The molecule has 29 heavy (non-hydrogen) atoms. The van der Waals surface area contributed by atoms with Crippen molar-refractivity contribution in [3.05, 3.63) is 95.4 Å². The van der Waals surface area contributed by atoms with Gasteiger partial charge in [-0.15, -0.1) is 0 Å². The van der Waals surface area contributed by atoms with E-state index in [1.54, 1.807) is 47.0 Å². The summed E-state index contributed by atoms with van der Waals surface area (Å²) in [4.78, 5) is 0. The van der Waals surface area contributed by atoms with Crippen LogP contribution in [0.4, 0.5) is 17.6 Å². The fourth-order valence-electron chi connectivity index (χ4n) is 3.65. The van der Waals surface area contributed by atoms with Gasteiger partial charge in [-0.2, -0.15) is 13.2 Å². The standard InChI is InChI=1S/C23H17F4NO/c24-19-9-5-4-8-16(19)13-28-20-11-10-17(23(25,26)27)12-18(20)22(21(28)14-29)15-6-2-1-3-7-15/h1-12,29H,13-14H2. The highest BCUT2D eigenvalue weighted by Gasteiger charge is 2.31. The number of alkyl halides is 3. The Balaban J connectivity index is 2.02. The van der Waals surface area contributed by atoms with Crippen LogP contribution < -0.4 is 0 Å². The molecule has 0 aliphatic rings. The number of hydrogen-bond donors (Lipinski definition) is 1. The van der Waals surface area contributed by atoms with E-state index in [-0.39, 0.29) is 6.54 Å². The Morgan fingerprint density at radius 2 is 1.55 bits per heavy atom. The van der Waals surface area contributed by atoms with Gasteiger partial charge in [-0.1, -0.05) is 48.5 Å². The van der Waals surface area contributed by atoms with Crippen LogP contribution in [0.2, 0.25) is 0 Å². The van der Waals surface area contributed by atoms with Crippen LogP contribution in [0.5, 0.6) is 0 Å². The SMILES string of the molecule is OCc1c(-c2ccccc2)c2cc(C(F)(F)F)ccc2n1Cc1ccccc1F. The molecule has 1 aromatic heterocycles. The van der Waals surface area contributed by atoms with Crippen LogP contribution in [0.1, 0.15) is 16.8 Å². The molecule has 3 aromatic carbocycles. The van der Waals surface area contributed by atoms with Gasteiger partial charge in [0.15, 0.2) is 0 Å². The van der Waals surface area contributed by atoms with E-state index >= 15 is 0 Å². The maximum Gasteiger partial charge on any atom is 0.416 e. The van der Waals surface area contributed by atoms with Gasteiger partial charge in [-0.25, -0.2) is 4.39 Å². The minimum Gasteiger partial charge on any atom is -0.390 e. The van der Waals surface area contributed by atoms with Crippen molar-refractivity contribution in [2.24, 2.45) is 0 Å². The molecule has 0 atom stereocenters. The molecule has 1 heterocycles. The van der Waals surface area contributed by atoms with Gasteiger partial charge in [0.05, 0.1) is 24.4 Å². The molecule has 0 unspecified atom stereocenters. The maximum atomic E-state index is 14.2. The van der Waals surface area contributed by atoms with Gasteiger partial charge in [0.1, 0.15) is 5.82 Å². The molecule has 0 fully saturated rings. The van der Waals surface area contributed by atoms with E-state index in [0.29, 0.717) is 33.3 Å². The summed E-state index contributed by atoms with van der Waals surface area (Å²) >= 11 is 0. The zero-order valence-electron chi connectivity index (χ0n) is 15.2. The minimum absolute atomic E-state index is 0.0945. The lowest BCUT2D eigenvalue weighted by Crippen LogP contribution is -2.07. The quantitative estimate of drug-likeness (QED) is 0.418. The number of aliphatic hydroxyl groups is 1. The topological polar surface area (TPSA) is 25.2 Å². The Bertz CT molecular complexity index is 1160. The molecule has 0 saturated heterocycles. The van der Waals surface area contributed by atoms with Crippen molar-refractivity contribution in [2.75, 3.05) is 0 Å². The molecule has 4 aromatic rings. The molecule has 0 bridgehead atoms. The molecule has 4 rings (SSSR count). The Hall–Kier alpha value is -3.12. The fourth-order valence-corrected chi connectivity index (χ4v) is 3.65. The van der Waals surface area contributed by atoms with Gasteiger partial charge in [0, 0.05) is 22.0 Å². The molecular formula is C23H17F4NO. The summed E-state index contributed by atoms with van der Waals surface area (Å²) in [5, 5.41) is 10.5. The monoisotopic (exact) mass is 399 g/mol. The van der Waals surface area contributed by atoms with E-state index in [4.69, 9.17) is 0 Å². The number of nitrogens with zero attached hydrogens (tertiary/aromatic N) is 1. The molecule has 0 aliphatic heterocycles. The predicted octanol–water partition coefficient (Wildman–Crippen LogP) is 6.01. The van der Waals surface area contributed by atoms with Crippen LogP contribution in [0, 0.1) is 5.82 Å². The summed E-state index contributed by atoms with van der Waals surface area (Å²) in [5.74, 6) is -0.411. The Labute approximate surface area is 164 Å². The van der Waals surface area contributed by atoms with Crippen LogP contribution in [-0.4, -0.2) is 9.67 Å². The summed E-state index contributed by atoms with van der Waals surface area (Å²) in [5.41, 5.74) is 1.77. The first-order chi connectivity index (χ1) is 13.9. The second kappa shape index (κ2) is 7.37. The summed E-state index contributed by atoms with van der Waals surface area (Å²) in [6, 6.07) is 18.6. The average Bonchev–Trinajstić information content (AvgIpc) is 3.02. The molecule has 148 valence electrons. The zero-order valence-corrected chi connectivity index (χ0v) is 15.2. The van der Waals surface area contributed by atoms with E-state index in [9.17, 15) is 22.7 Å². The molecule has 0 radical (unpaired) electrons. The molecular weight excluding hydrogens is 382 g/mol. The number of rotatable bonds is 4. The zero-order chi connectivity index (χ0) is 20.6. The van der Waals surface area contributed by atoms with Crippen molar-refractivity contribution in [2.45, 2.75) is 19.3 Å². The Morgan fingerprint density at radius 3 is 2.21 bits per heavy atom. The third kappa shape index (κ3) is 3.51. The second-order valence-corrected chi connectivity index (χ2v) is 6.75. The highest BCUT2D eigenvalue weighted by molar-refractivity contribution is 5.98. The van der Waals surface area contributed by atoms with Gasteiger partial charge in [0.25, 0.3) is 0 Å². The second-order valence-electron chi connectivity index (χ2n) is 6.75. The van der Waals surface area contributed by atoms with Crippen LogP contribution >= 0.6 is 0 Å². The summed E-state index contributed by atoms with van der Waals surface area (Å²) in [7, 11) is 0. The van der Waals surface area contributed by atoms with E-state index < -0.39 is 24.2 Å². The highest BCUT2D eigenvalue weighted by atomic mass is 19.4. The molecule has 6 heteroatoms. The summed E-state index contributed by atoms with van der Waals surface area (Å²) in [6.45, 7) is -0.300. The lowest BCUT2D eigenvalue weighted by molar-refractivity contribution is -0.137. The van der Waals surface area contributed by atoms with E-state index in [2.05, 4.69) is 0 Å². The smallest absolute Gasteiger partial charge is 0.390 e. The molecule has 1 N–H and O–H groups in total. The van der Waals surface area contributed by atoms with Crippen molar-refractivity contribution in [1.29, 1.82) is 0 Å². The number of fused-ring (bicyclic) bond motifs is 1. The van der Waals surface area contributed by atoms with Crippen LogP contribution in [-0.2, 0) is 19.3 Å². The van der Waals surface area contributed by atoms with Gasteiger partial charge in [0.2, 0.25) is 0 Å². The van der Waals surface area contributed by atoms with Crippen LogP contribution in [0.15, 0.2) is 72.8 Å². The lowest BCUT2D eigenvalue weighted by atomic mass is 10.0. The van der Waals surface area contributed by atoms with Crippen LogP contribution in [0.3, 0.4) is 0 Å². The fraction of sp³-hybridized carbons (Fsp3) is 0.130. The van der Waals surface area contributed by atoms with Crippen molar-refractivity contribution in [3.8, 4) is 11.1 Å². The average molecular weight is 399 g/mol. The Kier molecular flexibility index (Phi) is 4.88. The number of aliphatic hydroxyl groups excluding tert-OH is 1. The summed E-state index contributed by atoms with van der Waals surface area (Å²) < 4.78 is 55.9. The number of benzene rings is 3. The Morgan fingerprint density at radius 1 is 0.862 bits per heavy atom. The van der Waals surface area contributed by atoms with Crippen molar-refractivity contribution < 1.29 is 22.7 Å². The van der Waals surface area contributed by atoms with Gasteiger partial charge in [-0.05, 0) is 29.8 Å². The third-order valence-corrected chi connectivity index (χ3v) is 5.00. The predicted molar refractivity (Wildman–Crippen MR) is 104 cm³/mol. The molecule has 0 amide bonds. The van der Waals surface area contributed by atoms with Crippen molar-refractivity contribution >= 4 is 10.9 Å². The van der Waals surface area contributed by atoms with Crippen LogP contribution in [0.25, 0.3) is 22.0 Å². The first-order valence-electron chi connectivity index (χ1n) is 9.02. The van der Waals surface area contributed by atoms with E-state index in [1.165, 1.54) is 12.1 Å². The number of halogens is 4. The lowest BCUT2D eigenvalue weighted by Gasteiger charge is -2.12. The summed E-state index contributed by atoms with van der Waals surface area (Å²) in [6.07, 6.45) is -4.49. The third-order valence-electron chi connectivity index (χ3n) is 5.00. The minimum atomic E-state index is -4.49. The number of aromatic nitrogens is 1. The first-order valence-corrected chi connectivity index (χ1v) is 9.02. The largest absolute Gasteiger partial charge is 0.416 e. The molecule has 0 spiro atoms. The first kappa shape index (κ1) is 19.2. The normalized spacial score (nSPS) is 11.9. The van der Waals surface area contributed by atoms with Crippen molar-refractivity contribution in [3.63, 3.8) is 0 Å².